The number of hydrogen-bond donors (Lipinski definition) is 1. The summed E-state index contributed by atoms with van der Waals surface area (Å²) in [4.78, 5) is 0. The smallest absolute Gasteiger partial charge is 0.0725 e. The van der Waals surface area contributed by atoms with E-state index in [1.54, 1.807) is 0 Å². The summed E-state index contributed by atoms with van der Waals surface area (Å²) in [5.74, 6) is 0. The molecule has 1 aliphatic rings. The van der Waals surface area contributed by atoms with Gasteiger partial charge in [0.05, 0.1) is 12.7 Å². The van der Waals surface area contributed by atoms with Gasteiger partial charge in [-0.05, 0) is 12.8 Å². The van der Waals surface area contributed by atoms with E-state index in [0.717, 1.165) is 19.6 Å². The first-order valence-corrected chi connectivity index (χ1v) is 4.23. The average Bonchev–Trinajstić information content (AvgIpc) is 2.04. The number of ether oxygens (including phenoxy) is 1. The molecular formula is C8H17NO. The van der Waals surface area contributed by atoms with Crippen LogP contribution in [-0.4, -0.2) is 25.3 Å². The van der Waals surface area contributed by atoms with Gasteiger partial charge in [-0.1, -0.05) is 13.8 Å². The van der Waals surface area contributed by atoms with Crippen molar-refractivity contribution < 1.29 is 4.74 Å². The number of nitrogens with one attached hydrogen (secondary N) is 1. The third-order valence-corrected chi connectivity index (χ3v) is 2.13. The Hall–Kier alpha value is -0.0800. The molecule has 1 saturated heterocycles. The second-order valence-corrected chi connectivity index (χ2v) is 2.79. The lowest BCUT2D eigenvalue weighted by atomic mass is 10.1. The third kappa shape index (κ3) is 1.70. The Kier molecular flexibility index (Phi) is 3.16. The molecule has 2 atom stereocenters. The van der Waals surface area contributed by atoms with E-state index < -0.39 is 0 Å². The van der Waals surface area contributed by atoms with Crippen LogP contribution >= 0.6 is 0 Å². The van der Waals surface area contributed by atoms with Gasteiger partial charge in [-0.25, -0.2) is 0 Å². The molecule has 0 aromatic carbocycles. The minimum Gasteiger partial charge on any atom is -0.375 e. The van der Waals surface area contributed by atoms with Crippen molar-refractivity contribution in [3.05, 3.63) is 0 Å². The maximum atomic E-state index is 5.57. The van der Waals surface area contributed by atoms with Gasteiger partial charge in [0, 0.05) is 12.6 Å². The summed E-state index contributed by atoms with van der Waals surface area (Å²) >= 11 is 0. The summed E-state index contributed by atoms with van der Waals surface area (Å²) in [6, 6.07) is 0.596. The third-order valence-electron chi connectivity index (χ3n) is 2.13. The molecular weight excluding hydrogens is 126 g/mol. The van der Waals surface area contributed by atoms with Gasteiger partial charge in [0.1, 0.15) is 0 Å². The van der Waals surface area contributed by atoms with Crippen LogP contribution in [0.15, 0.2) is 0 Å². The molecule has 0 radical (unpaired) electrons. The van der Waals surface area contributed by atoms with Gasteiger partial charge in [0.15, 0.2) is 0 Å². The topological polar surface area (TPSA) is 21.3 Å². The van der Waals surface area contributed by atoms with E-state index in [-0.39, 0.29) is 0 Å². The monoisotopic (exact) mass is 143 g/mol. The summed E-state index contributed by atoms with van der Waals surface area (Å²) in [5.41, 5.74) is 0. The Labute approximate surface area is 63.0 Å². The van der Waals surface area contributed by atoms with Crippen molar-refractivity contribution in [2.45, 2.75) is 38.8 Å². The van der Waals surface area contributed by atoms with Crippen molar-refractivity contribution >= 4 is 0 Å². The fourth-order valence-electron chi connectivity index (χ4n) is 1.51. The Morgan fingerprint density at radius 1 is 1.40 bits per heavy atom. The van der Waals surface area contributed by atoms with E-state index >= 15 is 0 Å². The zero-order valence-corrected chi connectivity index (χ0v) is 6.89. The minimum absolute atomic E-state index is 0.457. The normalized spacial score (nSPS) is 34.2. The van der Waals surface area contributed by atoms with E-state index in [0.29, 0.717) is 12.1 Å². The van der Waals surface area contributed by atoms with Crippen LogP contribution in [0.2, 0.25) is 0 Å². The summed E-state index contributed by atoms with van der Waals surface area (Å²) in [7, 11) is 0. The largest absolute Gasteiger partial charge is 0.375 e. The van der Waals surface area contributed by atoms with Crippen LogP contribution in [0.1, 0.15) is 26.7 Å². The van der Waals surface area contributed by atoms with E-state index in [1.165, 1.54) is 6.42 Å². The van der Waals surface area contributed by atoms with Crippen molar-refractivity contribution in [3.63, 3.8) is 0 Å². The Bertz CT molecular complexity index is 83.3. The van der Waals surface area contributed by atoms with Crippen molar-refractivity contribution in [2.75, 3.05) is 13.2 Å². The van der Waals surface area contributed by atoms with Gasteiger partial charge in [-0.3, -0.25) is 0 Å². The summed E-state index contributed by atoms with van der Waals surface area (Å²) in [5, 5.41) is 3.44. The summed E-state index contributed by atoms with van der Waals surface area (Å²) in [6.07, 6.45) is 2.77. The Balaban J connectivity index is 2.34. The maximum Gasteiger partial charge on any atom is 0.0725 e. The van der Waals surface area contributed by atoms with Crippen LogP contribution in [-0.2, 0) is 4.74 Å². The van der Waals surface area contributed by atoms with Crippen molar-refractivity contribution in [1.29, 1.82) is 0 Å². The van der Waals surface area contributed by atoms with Gasteiger partial charge < -0.3 is 10.1 Å². The molecule has 1 fully saturated rings. The predicted octanol–water partition coefficient (Wildman–Crippen LogP) is 1.16. The highest BCUT2D eigenvalue weighted by Crippen LogP contribution is 2.10. The van der Waals surface area contributed by atoms with Crippen LogP contribution in [0, 0.1) is 0 Å². The zero-order chi connectivity index (χ0) is 7.40. The molecule has 1 N–H and O–H groups in total. The molecule has 0 amide bonds. The lowest BCUT2D eigenvalue weighted by molar-refractivity contribution is -0.00654. The predicted molar refractivity (Wildman–Crippen MR) is 42.1 cm³/mol. The number of rotatable bonds is 2. The summed E-state index contributed by atoms with van der Waals surface area (Å²) in [6.45, 7) is 6.29. The molecule has 1 aliphatic heterocycles. The lowest BCUT2D eigenvalue weighted by Crippen LogP contribution is -2.47. The van der Waals surface area contributed by atoms with Crippen LogP contribution in [0.3, 0.4) is 0 Å². The van der Waals surface area contributed by atoms with Crippen LogP contribution < -0.4 is 5.32 Å². The molecule has 2 unspecified atom stereocenters. The minimum atomic E-state index is 0.457. The fraction of sp³-hybridized carbons (Fsp3) is 1.00. The van der Waals surface area contributed by atoms with Gasteiger partial charge in [-0.2, -0.15) is 0 Å². The molecule has 0 aromatic heterocycles. The van der Waals surface area contributed by atoms with E-state index in [9.17, 15) is 0 Å². The molecule has 0 aliphatic carbocycles. The van der Waals surface area contributed by atoms with E-state index in [4.69, 9.17) is 4.74 Å². The maximum absolute atomic E-state index is 5.57. The molecule has 0 saturated carbocycles. The van der Waals surface area contributed by atoms with Gasteiger partial charge in [-0.15, -0.1) is 0 Å². The molecule has 2 heteroatoms. The van der Waals surface area contributed by atoms with Gasteiger partial charge >= 0.3 is 0 Å². The van der Waals surface area contributed by atoms with E-state index in [1.807, 2.05) is 0 Å². The summed E-state index contributed by atoms with van der Waals surface area (Å²) < 4.78 is 5.57. The second-order valence-electron chi connectivity index (χ2n) is 2.79. The van der Waals surface area contributed by atoms with Crippen molar-refractivity contribution in [1.82, 2.24) is 5.32 Å². The molecule has 10 heavy (non-hydrogen) atoms. The first kappa shape index (κ1) is 8.02. The highest BCUT2D eigenvalue weighted by atomic mass is 16.5. The zero-order valence-electron chi connectivity index (χ0n) is 6.89. The quantitative estimate of drug-likeness (QED) is 0.626. The van der Waals surface area contributed by atoms with Crippen LogP contribution in [0.5, 0.6) is 0 Å². The molecule has 2 nitrogen and oxygen atoms in total. The first-order chi connectivity index (χ1) is 4.88. The Morgan fingerprint density at radius 3 is 2.70 bits per heavy atom. The van der Waals surface area contributed by atoms with Gasteiger partial charge in [0.25, 0.3) is 0 Å². The molecule has 1 rings (SSSR count). The van der Waals surface area contributed by atoms with Crippen LogP contribution in [0.25, 0.3) is 0 Å². The molecule has 0 aromatic rings. The highest BCUT2D eigenvalue weighted by molar-refractivity contribution is 4.78. The number of morpholine rings is 1. The number of hydrogen-bond acceptors (Lipinski definition) is 2. The molecule has 60 valence electrons. The van der Waals surface area contributed by atoms with E-state index in [2.05, 4.69) is 19.2 Å². The second kappa shape index (κ2) is 3.94. The average molecular weight is 143 g/mol. The molecule has 0 spiro atoms. The van der Waals surface area contributed by atoms with Gasteiger partial charge in [0.2, 0.25) is 0 Å². The Morgan fingerprint density at radius 2 is 2.20 bits per heavy atom. The standard InChI is InChI=1S/C8H17NO/c1-3-7-8(4-2)10-6-5-9-7/h7-9H,3-6H2,1-2H3. The lowest BCUT2D eigenvalue weighted by Gasteiger charge is -2.31. The first-order valence-electron chi connectivity index (χ1n) is 4.23. The van der Waals surface area contributed by atoms with Crippen molar-refractivity contribution in [2.24, 2.45) is 0 Å². The highest BCUT2D eigenvalue weighted by Gasteiger charge is 2.21. The molecule has 1 heterocycles. The fourth-order valence-corrected chi connectivity index (χ4v) is 1.51. The van der Waals surface area contributed by atoms with Crippen LogP contribution in [0.4, 0.5) is 0 Å². The van der Waals surface area contributed by atoms with Crippen molar-refractivity contribution in [3.8, 4) is 0 Å². The molecule has 0 bridgehead atoms. The SMILES string of the molecule is CCC1NCCOC1CC.